The van der Waals surface area contributed by atoms with Crippen molar-refractivity contribution in [1.29, 1.82) is 0 Å². The number of para-hydroxylation sites is 1. The second-order valence-electron chi connectivity index (χ2n) is 7.76. The Bertz CT molecular complexity index is 978. The number of ether oxygens (including phenoxy) is 2. The molecule has 0 bridgehead atoms. The van der Waals surface area contributed by atoms with Crippen molar-refractivity contribution in [3.63, 3.8) is 0 Å². The van der Waals surface area contributed by atoms with E-state index in [1.54, 1.807) is 36.3 Å². The van der Waals surface area contributed by atoms with Gasteiger partial charge in [-0.25, -0.2) is 9.59 Å². The molecule has 7 nitrogen and oxygen atoms in total. The molecule has 0 aliphatic carbocycles. The number of ketones is 1. The van der Waals surface area contributed by atoms with Crippen molar-refractivity contribution in [3.8, 4) is 5.75 Å². The topological polar surface area (TPSA) is 84.9 Å². The normalized spacial score (nSPS) is 15.9. The third-order valence-electron chi connectivity index (χ3n) is 5.60. The number of hydrogen-bond donors (Lipinski definition) is 1. The summed E-state index contributed by atoms with van der Waals surface area (Å²) in [6.45, 7) is 4.72. The van der Waals surface area contributed by atoms with Crippen molar-refractivity contribution in [1.82, 2.24) is 4.90 Å². The molecule has 1 aliphatic heterocycles. The Morgan fingerprint density at radius 1 is 1.06 bits per heavy atom. The maximum Gasteiger partial charge on any atom is 0.339 e. The maximum absolute atomic E-state index is 13.2. The summed E-state index contributed by atoms with van der Waals surface area (Å²) in [5.41, 5.74) is 3.13. The van der Waals surface area contributed by atoms with Crippen molar-refractivity contribution in [2.24, 2.45) is 5.92 Å². The zero-order chi connectivity index (χ0) is 22.5. The molecule has 1 N–H and O–H groups in total. The van der Waals surface area contributed by atoms with E-state index >= 15 is 0 Å². The number of likely N-dealkylation sites (tertiary alicyclic amines) is 1. The smallest absolute Gasteiger partial charge is 0.339 e. The summed E-state index contributed by atoms with van der Waals surface area (Å²) in [7, 11) is 2.91. The number of rotatable bonds is 5. The molecule has 1 aliphatic rings. The van der Waals surface area contributed by atoms with Crippen LogP contribution in [-0.2, 0) is 4.74 Å². The lowest BCUT2D eigenvalue weighted by Crippen LogP contribution is -2.44. The van der Waals surface area contributed by atoms with Gasteiger partial charge in [0.15, 0.2) is 5.78 Å². The van der Waals surface area contributed by atoms with Gasteiger partial charge in [-0.15, -0.1) is 0 Å². The number of piperidine rings is 1. The summed E-state index contributed by atoms with van der Waals surface area (Å²) in [6.07, 6.45) is 1.46. The third-order valence-corrected chi connectivity index (χ3v) is 5.60. The number of Topliss-reactive ketones (excluding diaryl/α,β-unsaturated/α-hetero) is 1. The highest BCUT2D eigenvalue weighted by Crippen LogP contribution is 2.28. The van der Waals surface area contributed by atoms with Gasteiger partial charge in [0, 0.05) is 24.6 Å². The molecule has 3 rings (SSSR count). The molecular weight excluding hydrogens is 396 g/mol. The van der Waals surface area contributed by atoms with Crippen LogP contribution in [0.15, 0.2) is 36.4 Å². The Morgan fingerprint density at radius 2 is 1.74 bits per heavy atom. The largest absolute Gasteiger partial charge is 0.496 e. The summed E-state index contributed by atoms with van der Waals surface area (Å²) in [4.78, 5) is 39.6. The molecule has 1 saturated heterocycles. The average molecular weight is 424 g/mol. The van der Waals surface area contributed by atoms with Gasteiger partial charge in [0.05, 0.1) is 25.5 Å². The fourth-order valence-electron chi connectivity index (χ4n) is 4.10. The van der Waals surface area contributed by atoms with Gasteiger partial charge in [0.25, 0.3) is 0 Å². The van der Waals surface area contributed by atoms with Crippen molar-refractivity contribution < 1.29 is 23.9 Å². The van der Waals surface area contributed by atoms with Gasteiger partial charge in [0.2, 0.25) is 0 Å². The first-order valence-electron chi connectivity index (χ1n) is 10.3. The molecule has 0 radical (unpaired) electrons. The van der Waals surface area contributed by atoms with Gasteiger partial charge < -0.3 is 19.7 Å². The fraction of sp³-hybridized carbons (Fsp3) is 0.375. The summed E-state index contributed by atoms with van der Waals surface area (Å²) in [5, 5.41) is 2.79. The number of methoxy groups -OCH3 is 2. The number of hydrogen-bond acceptors (Lipinski definition) is 5. The first-order valence-corrected chi connectivity index (χ1v) is 10.3. The van der Waals surface area contributed by atoms with E-state index in [2.05, 4.69) is 5.32 Å². The summed E-state index contributed by atoms with van der Waals surface area (Å²) in [6, 6.07) is 10.0. The van der Waals surface area contributed by atoms with Gasteiger partial charge in [-0.1, -0.05) is 12.1 Å². The lowest BCUT2D eigenvalue weighted by molar-refractivity contribution is 0.0601. The van der Waals surface area contributed by atoms with Crippen LogP contribution in [0.5, 0.6) is 5.75 Å². The number of urea groups is 1. The number of carbonyl (C=O) groups is 3. The lowest BCUT2D eigenvalue weighted by atomic mass is 9.89. The van der Waals surface area contributed by atoms with Crippen molar-refractivity contribution >= 4 is 23.5 Å². The molecule has 1 heterocycles. The van der Waals surface area contributed by atoms with E-state index in [4.69, 9.17) is 9.47 Å². The molecule has 1 atom stereocenters. The first kappa shape index (κ1) is 22.3. The molecule has 1 unspecified atom stereocenters. The number of nitrogens with one attached hydrogen (secondary N) is 1. The van der Waals surface area contributed by atoms with Gasteiger partial charge >= 0.3 is 12.0 Å². The van der Waals surface area contributed by atoms with Crippen molar-refractivity contribution in [3.05, 3.63) is 58.7 Å². The zero-order valence-corrected chi connectivity index (χ0v) is 18.4. The highest BCUT2D eigenvalue weighted by atomic mass is 16.5. The van der Waals surface area contributed by atoms with Crippen LogP contribution < -0.4 is 10.1 Å². The molecule has 2 aromatic carbocycles. The zero-order valence-electron chi connectivity index (χ0n) is 18.4. The van der Waals surface area contributed by atoms with Gasteiger partial charge in [0.1, 0.15) is 5.75 Å². The number of amides is 2. The van der Waals surface area contributed by atoms with Crippen LogP contribution in [0.3, 0.4) is 0 Å². The van der Waals surface area contributed by atoms with Crippen molar-refractivity contribution in [2.75, 3.05) is 32.6 Å². The van der Waals surface area contributed by atoms with E-state index in [9.17, 15) is 14.4 Å². The summed E-state index contributed by atoms with van der Waals surface area (Å²) >= 11 is 0. The van der Waals surface area contributed by atoms with E-state index < -0.39 is 5.97 Å². The Labute approximate surface area is 182 Å². The van der Waals surface area contributed by atoms with Crippen LogP contribution in [0, 0.1) is 19.8 Å². The Balaban J connectivity index is 1.73. The molecule has 0 spiro atoms. The summed E-state index contributed by atoms with van der Waals surface area (Å²) < 4.78 is 10.2. The second kappa shape index (κ2) is 9.64. The number of esters is 1. The number of carbonyl (C=O) groups excluding carboxylic acids is 3. The molecule has 31 heavy (non-hydrogen) atoms. The minimum atomic E-state index is -0.521. The predicted octanol–water partition coefficient (Wildman–Crippen LogP) is 4.23. The van der Waals surface area contributed by atoms with E-state index in [1.807, 2.05) is 26.0 Å². The van der Waals surface area contributed by atoms with Crippen LogP contribution in [-0.4, -0.2) is 50.0 Å². The maximum atomic E-state index is 13.2. The SMILES string of the molecule is COC(=O)c1ccccc1NC(=O)N1CCCC(C(=O)c2cc(C)c(OC)c(C)c2)C1. The second-order valence-corrected chi connectivity index (χ2v) is 7.76. The highest BCUT2D eigenvalue weighted by Gasteiger charge is 2.30. The molecule has 7 heteroatoms. The minimum Gasteiger partial charge on any atom is -0.496 e. The first-order chi connectivity index (χ1) is 14.8. The molecule has 2 amide bonds. The molecular formula is C24H28N2O5. The van der Waals surface area contributed by atoms with Crippen molar-refractivity contribution in [2.45, 2.75) is 26.7 Å². The van der Waals surface area contributed by atoms with Crippen LogP contribution in [0.2, 0.25) is 0 Å². The standard InChI is InChI=1S/C24H28N2O5/c1-15-12-18(13-16(2)22(15)30-3)21(27)17-8-7-11-26(14-17)24(29)25-20-10-6-5-9-19(20)23(28)31-4/h5-6,9-10,12-13,17H,7-8,11,14H2,1-4H3,(H,25,29). The predicted molar refractivity (Wildman–Crippen MR) is 118 cm³/mol. The molecule has 1 fully saturated rings. The average Bonchev–Trinajstić information content (AvgIpc) is 2.78. The van der Waals surface area contributed by atoms with E-state index in [0.29, 0.717) is 24.3 Å². The monoisotopic (exact) mass is 424 g/mol. The number of anilines is 1. The molecule has 164 valence electrons. The Morgan fingerprint density at radius 3 is 2.39 bits per heavy atom. The fourth-order valence-corrected chi connectivity index (χ4v) is 4.10. The molecule has 0 saturated carbocycles. The van der Waals surface area contributed by atoms with Crippen LogP contribution in [0.4, 0.5) is 10.5 Å². The van der Waals surface area contributed by atoms with Gasteiger partial charge in [-0.05, 0) is 62.1 Å². The van der Waals surface area contributed by atoms with Crippen LogP contribution >= 0.6 is 0 Å². The van der Waals surface area contributed by atoms with E-state index in [0.717, 1.165) is 29.7 Å². The number of benzene rings is 2. The Kier molecular flexibility index (Phi) is 6.95. The van der Waals surface area contributed by atoms with Crippen LogP contribution in [0.25, 0.3) is 0 Å². The van der Waals surface area contributed by atoms with E-state index in [-0.39, 0.29) is 23.3 Å². The number of aryl methyl sites for hydroxylation is 2. The minimum absolute atomic E-state index is 0.0290. The highest BCUT2D eigenvalue weighted by molar-refractivity contribution is 6.01. The molecule has 0 aromatic heterocycles. The lowest BCUT2D eigenvalue weighted by Gasteiger charge is -2.32. The Hall–Kier alpha value is -3.35. The van der Waals surface area contributed by atoms with Gasteiger partial charge in [-0.3, -0.25) is 4.79 Å². The summed E-state index contributed by atoms with van der Waals surface area (Å²) in [5.74, 6) is 0.0159. The van der Waals surface area contributed by atoms with Gasteiger partial charge in [-0.2, -0.15) is 0 Å². The molecule has 2 aromatic rings. The van der Waals surface area contributed by atoms with Crippen LogP contribution in [0.1, 0.15) is 44.7 Å². The number of nitrogens with zero attached hydrogens (tertiary/aromatic N) is 1. The van der Waals surface area contributed by atoms with E-state index in [1.165, 1.54) is 7.11 Å². The quantitative estimate of drug-likeness (QED) is 0.574. The third kappa shape index (κ3) is 4.87.